The van der Waals surface area contributed by atoms with Crippen LogP contribution in [0.4, 0.5) is 4.39 Å². The zero-order chi connectivity index (χ0) is 20.1. The van der Waals surface area contributed by atoms with Crippen LogP contribution in [0.1, 0.15) is 12.0 Å². The smallest absolute Gasteiger partial charge is 0.261 e. The fourth-order valence-corrected chi connectivity index (χ4v) is 4.97. The molecule has 0 saturated carbocycles. The van der Waals surface area contributed by atoms with Gasteiger partial charge in [0.2, 0.25) is 0 Å². The Kier molecular flexibility index (Phi) is 6.18. The second-order valence-electron chi connectivity index (χ2n) is 6.65. The quantitative estimate of drug-likeness (QED) is 0.705. The number of nitrogens with zero attached hydrogens (tertiary/aromatic N) is 1. The van der Waals surface area contributed by atoms with Crippen molar-refractivity contribution >= 4 is 15.7 Å². The number of carbonyl (C=O) groups is 1. The molecule has 0 N–H and O–H groups in total. The zero-order valence-corrected chi connectivity index (χ0v) is 16.3. The van der Waals surface area contributed by atoms with E-state index in [0.29, 0.717) is 23.5 Å². The summed E-state index contributed by atoms with van der Waals surface area (Å²) in [5.41, 5.74) is 0.593. The standard InChI is InChI=1S/C20H22FNO5S/c1-26-18-7-2-3-8-19(18)27-13-20(23)22(17-9-10-28(24,25)14-17)12-15-5-4-6-16(21)11-15/h2-8,11,17H,9-10,12-14H2,1H3/t17-/m0/s1. The average molecular weight is 407 g/mol. The van der Waals surface area contributed by atoms with Crippen molar-refractivity contribution in [3.8, 4) is 11.5 Å². The number of para-hydroxylation sites is 2. The number of hydrogen-bond donors (Lipinski definition) is 0. The molecule has 2 aromatic carbocycles. The van der Waals surface area contributed by atoms with Crippen LogP contribution in [0.2, 0.25) is 0 Å². The monoisotopic (exact) mass is 407 g/mol. The predicted octanol–water partition coefficient (Wildman–Crippen LogP) is 2.43. The number of sulfone groups is 1. The molecule has 1 aliphatic heterocycles. The Morgan fingerprint density at radius 2 is 1.93 bits per heavy atom. The molecule has 6 nitrogen and oxygen atoms in total. The van der Waals surface area contributed by atoms with Gasteiger partial charge in [-0.05, 0) is 36.2 Å². The normalized spacial score (nSPS) is 17.9. The molecule has 0 bridgehead atoms. The summed E-state index contributed by atoms with van der Waals surface area (Å²) in [7, 11) is -1.68. The number of methoxy groups -OCH3 is 1. The summed E-state index contributed by atoms with van der Waals surface area (Å²) in [5, 5.41) is 0. The molecule has 0 aliphatic carbocycles. The van der Waals surface area contributed by atoms with Crippen LogP contribution in [0.15, 0.2) is 48.5 Å². The Balaban J connectivity index is 1.76. The first-order valence-electron chi connectivity index (χ1n) is 8.88. The number of halogens is 1. The van der Waals surface area contributed by atoms with Crippen LogP contribution in [-0.4, -0.2) is 50.5 Å². The fourth-order valence-electron chi connectivity index (χ4n) is 3.23. The lowest BCUT2D eigenvalue weighted by atomic mass is 10.1. The summed E-state index contributed by atoms with van der Waals surface area (Å²) in [6.07, 6.45) is 0.359. The van der Waals surface area contributed by atoms with Crippen LogP contribution >= 0.6 is 0 Å². The Hall–Kier alpha value is -2.61. The van der Waals surface area contributed by atoms with E-state index in [4.69, 9.17) is 9.47 Å². The second kappa shape index (κ2) is 8.60. The summed E-state index contributed by atoms with van der Waals surface area (Å²) >= 11 is 0. The molecule has 0 aromatic heterocycles. The minimum atomic E-state index is -3.18. The first-order valence-corrected chi connectivity index (χ1v) is 10.7. The van der Waals surface area contributed by atoms with Crippen molar-refractivity contribution in [3.63, 3.8) is 0 Å². The molecule has 2 aromatic rings. The largest absolute Gasteiger partial charge is 0.493 e. The molecule has 1 amide bonds. The fraction of sp³-hybridized carbons (Fsp3) is 0.350. The van der Waals surface area contributed by atoms with E-state index in [2.05, 4.69) is 0 Å². The third kappa shape index (κ3) is 5.01. The molecule has 0 unspecified atom stereocenters. The molecule has 3 rings (SSSR count). The lowest BCUT2D eigenvalue weighted by Crippen LogP contribution is -2.43. The predicted molar refractivity (Wildman–Crippen MR) is 102 cm³/mol. The highest BCUT2D eigenvalue weighted by molar-refractivity contribution is 7.91. The zero-order valence-electron chi connectivity index (χ0n) is 15.5. The summed E-state index contributed by atoms with van der Waals surface area (Å²) in [6, 6.07) is 12.4. The molecule has 0 spiro atoms. The van der Waals surface area contributed by atoms with Gasteiger partial charge in [0.15, 0.2) is 27.9 Å². The van der Waals surface area contributed by atoms with Crippen LogP contribution in [0.5, 0.6) is 11.5 Å². The van der Waals surface area contributed by atoms with E-state index in [1.54, 1.807) is 36.4 Å². The van der Waals surface area contributed by atoms with Gasteiger partial charge in [-0.3, -0.25) is 4.79 Å². The van der Waals surface area contributed by atoms with Crippen molar-refractivity contribution in [1.29, 1.82) is 0 Å². The maximum atomic E-state index is 13.5. The highest BCUT2D eigenvalue weighted by Crippen LogP contribution is 2.26. The summed E-state index contributed by atoms with van der Waals surface area (Å²) in [6.45, 7) is -0.154. The van der Waals surface area contributed by atoms with Crippen molar-refractivity contribution in [2.75, 3.05) is 25.2 Å². The van der Waals surface area contributed by atoms with Crippen molar-refractivity contribution in [2.24, 2.45) is 0 Å². The molecule has 1 fully saturated rings. The minimum absolute atomic E-state index is 0.0396. The van der Waals surface area contributed by atoms with E-state index in [-0.39, 0.29) is 30.6 Å². The van der Waals surface area contributed by atoms with E-state index < -0.39 is 21.7 Å². The van der Waals surface area contributed by atoms with E-state index in [1.807, 2.05) is 0 Å². The van der Waals surface area contributed by atoms with Crippen LogP contribution in [0.25, 0.3) is 0 Å². The van der Waals surface area contributed by atoms with Crippen LogP contribution < -0.4 is 9.47 Å². The van der Waals surface area contributed by atoms with Gasteiger partial charge in [-0.25, -0.2) is 12.8 Å². The van der Waals surface area contributed by atoms with E-state index in [0.717, 1.165) is 0 Å². The van der Waals surface area contributed by atoms with Gasteiger partial charge in [0.1, 0.15) is 5.82 Å². The second-order valence-corrected chi connectivity index (χ2v) is 8.88. The van der Waals surface area contributed by atoms with Crippen molar-refractivity contribution in [1.82, 2.24) is 4.90 Å². The van der Waals surface area contributed by atoms with Gasteiger partial charge in [-0.1, -0.05) is 24.3 Å². The Morgan fingerprint density at radius 3 is 2.57 bits per heavy atom. The molecule has 1 saturated heterocycles. The third-order valence-corrected chi connectivity index (χ3v) is 6.38. The van der Waals surface area contributed by atoms with Gasteiger partial charge in [-0.2, -0.15) is 0 Å². The third-order valence-electron chi connectivity index (χ3n) is 4.63. The topological polar surface area (TPSA) is 72.9 Å². The van der Waals surface area contributed by atoms with Gasteiger partial charge >= 0.3 is 0 Å². The number of rotatable bonds is 7. The van der Waals surface area contributed by atoms with Crippen molar-refractivity contribution in [2.45, 2.75) is 19.0 Å². The summed E-state index contributed by atoms with van der Waals surface area (Å²) < 4.78 is 48.1. The van der Waals surface area contributed by atoms with Gasteiger partial charge in [0.05, 0.1) is 18.6 Å². The first kappa shape index (κ1) is 20.1. The van der Waals surface area contributed by atoms with E-state index in [9.17, 15) is 17.6 Å². The van der Waals surface area contributed by atoms with Crippen LogP contribution in [0, 0.1) is 5.82 Å². The lowest BCUT2D eigenvalue weighted by molar-refractivity contribution is -0.136. The number of benzene rings is 2. The molecule has 1 heterocycles. The molecule has 1 atom stereocenters. The van der Waals surface area contributed by atoms with Crippen LogP contribution in [0.3, 0.4) is 0 Å². The highest BCUT2D eigenvalue weighted by Gasteiger charge is 2.35. The molecule has 150 valence electrons. The summed E-state index contributed by atoms with van der Waals surface area (Å²) in [5.74, 6) is 0.0886. The number of ether oxygens (including phenoxy) is 2. The van der Waals surface area contributed by atoms with Crippen molar-refractivity contribution < 1.29 is 27.1 Å². The molecule has 28 heavy (non-hydrogen) atoms. The highest BCUT2D eigenvalue weighted by atomic mass is 32.2. The van der Waals surface area contributed by atoms with Crippen LogP contribution in [-0.2, 0) is 21.2 Å². The molecular weight excluding hydrogens is 385 g/mol. The first-order chi connectivity index (χ1) is 13.4. The minimum Gasteiger partial charge on any atom is -0.493 e. The Bertz CT molecular complexity index is 947. The summed E-state index contributed by atoms with van der Waals surface area (Å²) in [4.78, 5) is 14.3. The van der Waals surface area contributed by atoms with Gasteiger partial charge < -0.3 is 14.4 Å². The van der Waals surface area contributed by atoms with Gasteiger partial charge in [-0.15, -0.1) is 0 Å². The maximum Gasteiger partial charge on any atom is 0.261 e. The molecular formula is C20H22FNO5S. The van der Waals surface area contributed by atoms with Crippen molar-refractivity contribution in [3.05, 3.63) is 59.9 Å². The number of amides is 1. The Morgan fingerprint density at radius 1 is 1.18 bits per heavy atom. The molecule has 1 aliphatic rings. The number of carbonyl (C=O) groups excluding carboxylic acids is 1. The number of hydrogen-bond acceptors (Lipinski definition) is 5. The average Bonchev–Trinajstić information content (AvgIpc) is 3.04. The van der Waals surface area contributed by atoms with E-state index in [1.165, 1.54) is 24.1 Å². The molecule has 8 heteroatoms. The molecule has 0 radical (unpaired) electrons. The van der Waals surface area contributed by atoms with Gasteiger partial charge in [0, 0.05) is 12.6 Å². The lowest BCUT2D eigenvalue weighted by Gasteiger charge is -2.28. The van der Waals surface area contributed by atoms with E-state index >= 15 is 0 Å². The maximum absolute atomic E-state index is 13.5. The SMILES string of the molecule is COc1ccccc1OCC(=O)N(Cc1cccc(F)c1)[C@H]1CCS(=O)(=O)C1. The van der Waals surface area contributed by atoms with Gasteiger partial charge in [0.25, 0.3) is 5.91 Å². The Labute approximate surface area is 163 Å².